The molecular weight excluding hydrogens is 311 g/mol. The Kier molecular flexibility index (Phi) is 4.08. The van der Waals surface area contributed by atoms with Gasteiger partial charge < -0.3 is 0 Å². The molecule has 4 heteroatoms. The molecule has 1 aromatic heterocycles. The number of aromatic nitrogens is 1. The second kappa shape index (κ2) is 5.93. The molecule has 0 N–H and O–H groups in total. The molecule has 0 atom stereocenters. The van der Waals surface area contributed by atoms with E-state index in [1.165, 1.54) is 6.07 Å². The third-order valence-corrected chi connectivity index (χ3v) is 4.42. The number of rotatable bonds is 2. The fourth-order valence-electron chi connectivity index (χ4n) is 3.13. The van der Waals surface area contributed by atoms with Crippen LogP contribution >= 0.6 is 0 Å². The van der Waals surface area contributed by atoms with Gasteiger partial charge in [0.1, 0.15) is 0 Å². The lowest BCUT2D eigenvalue weighted by Crippen LogP contribution is -2.10. The van der Waals surface area contributed by atoms with Gasteiger partial charge in [-0.25, -0.2) is 0 Å². The Balaban J connectivity index is 2.15. The van der Waals surface area contributed by atoms with E-state index in [4.69, 9.17) is 0 Å². The molecule has 2 aromatic carbocycles. The lowest BCUT2D eigenvalue weighted by Gasteiger charge is -2.16. The van der Waals surface area contributed by atoms with E-state index in [-0.39, 0.29) is 12.0 Å². The van der Waals surface area contributed by atoms with Gasteiger partial charge in [-0.2, -0.15) is 13.2 Å². The van der Waals surface area contributed by atoms with Gasteiger partial charge in [0.05, 0.1) is 11.1 Å². The number of fused-ring (bicyclic) bond motifs is 1. The van der Waals surface area contributed by atoms with Gasteiger partial charge in [0.15, 0.2) is 0 Å². The lowest BCUT2D eigenvalue weighted by molar-refractivity contribution is -0.138. The van der Waals surface area contributed by atoms with Gasteiger partial charge in [0.25, 0.3) is 0 Å². The first-order chi connectivity index (χ1) is 11.3. The molecule has 0 bridgehead atoms. The normalized spacial score (nSPS) is 11.9. The van der Waals surface area contributed by atoms with Crippen molar-refractivity contribution in [1.29, 1.82) is 0 Å². The first-order valence-corrected chi connectivity index (χ1v) is 7.79. The Morgan fingerprint density at radius 2 is 1.67 bits per heavy atom. The van der Waals surface area contributed by atoms with Crippen molar-refractivity contribution in [1.82, 2.24) is 4.98 Å². The maximum Gasteiger partial charge on any atom is 0.416 e. The molecule has 0 saturated carbocycles. The predicted molar refractivity (Wildman–Crippen MR) is 90.2 cm³/mol. The zero-order chi connectivity index (χ0) is 17.5. The van der Waals surface area contributed by atoms with E-state index in [1.807, 2.05) is 39.0 Å². The van der Waals surface area contributed by atoms with Gasteiger partial charge >= 0.3 is 6.18 Å². The molecular formula is C20H18F3N. The Morgan fingerprint density at radius 1 is 0.958 bits per heavy atom. The largest absolute Gasteiger partial charge is 0.416 e. The highest BCUT2D eigenvalue weighted by molar-refractivity contribution is 5.84. The number of hydrogen-bond acceptors (Lipinski definition) is 1. The van der Waals surface area contributed by atoms with E-state index < -0.39 is 11.7 Å². The predicted octanol–water partition coefficient (Wildman–Crippen LogP) is 5.77. The van der Waals surface area contributed by atoms with Crippen LogP contribution in [0.25, 0.3) is 10.9 Å². The number of benzene rings is 2. The minimum Gasteiger partial charge on any atom is -0.253 e. The van der Waals surface area contributed by atoms with E-state index in [1.54, 1.807) is 12.1 Å². The molecule has 1 nitrogen and oxygen atoms in total. The first kappa shape index (κ1) is 16.5. The van der Waals surface area contributed by atoms with Crippen molar-refractivity contribution in [3.63, 3.8) is 0 Å². The summed E-state index contributed by atoms with van der Waals surface area (Å²) in [6, 6.07) is 11.7. The zero-order valence-corrected chi connectivity index (χ0v) is 13.8. The van der Waals surface area contributed by atoms with Crippen molar-refractivity contribution in [2.75, 3.05) is 0 Å². The number of nitrogens with zero attached hydrogens (tertiary/aromatic N) is 1. The molecule has 1 heterocycles. The highest BCUT2D eigenvalue weighted by Crippen LogP contribution is 2.34. The fourth-order valence-corrected chi connectivity index (χ4v) is 3.13. The van der Waals surface area contributed by atoms with E-state index in [9.17, 15) is 13.2 Å². The molecule has 3 aromatic rings. The van der Waals surface area contributed by atoms with Gasteiger partial charge in [0, 0.05) is 17.5 Å². The number of pyridine rings is 1. The SMILES string of the molecule is Cc1ccc2nc(C)c(Cc3ccccc3C(F)(F)F)c(C)c2c1. The van der Waals surface area contributed by atoms with Crippen molar-refractivity contribution in [2.45, 2.75) is 33.4 Å². The standard InChI is InChI=1S/C20H18F3N/c1-12-8-9-19-17(10-12)13(2)16(14(3)24-19)11-15-6-4-5-7-18(15)20(21,22)23/h4-10H,11H2,1-3H3. The molecule has 0 spiro atoms. The van der Waals surface area contributed by atoms with Crippen LogP contribution in [0.4, 0.5) is 13.2 Å². The Labute approximate surface area is 139 Å². The van der Waals surface area contributed by atoms with E-state index in [0.29, 0.717) is 0 Å². The van der Waals surface area contributed by atoms with Crippen molar-refractivity contribution in [3.8, 4) is 0 Å². The van der Waals surface area contributed by atoms with Crippen LogP contribution in [0.2, 0.25) is 0 Å². The maximum absolute atomic E-state index is 13.2. The van der Waals surface area contributed by atoms with Gasteiger partial charge in [0.2, 0.25) is 0 Å². The quantitative estimate of drug-likeness (QED) is 0.581. The zero-order valence-electron chi connectivity index (χ0n) is 13.8. The second-order valence-corrected chi connectivity index (χ2v) is 6.15. The highest BCUT2D eigenvalue weighted by Gasteiger charge is 2.33. The fraction of sp³-hybridized carbons (Fsp3) is 0.250. The van der Waals surface area contributed by atoms with Crippen molar-refractivity contribution in [2.24, 2.45) is 0 Å². The number of aryl methyl sites for hydroxylation is 3. The summed E-state index contributed by atoms with van der Waals surface area (Å²) in [5, 5.41) is 1.00. The number of alkyl halides is 3. The van der Waals surface area contributed by atoms with E-state index in [2.05, 4.69) is 4.98 Å². The average Bonchev–Trinajstić information content (AvgIpc) is 2.52. The summed E-state index contributed by atoms with van der Waals surface area (Å²) in [5.41, 5.74) is 4.34. The smallest absolute Gasteiger partial charge is 0.253 e. The summed E-state index contributed by atoms with van der Waals surface area (Å²) in [4.78, 5) is 4.58. The average molecular weight is 329 g/mol. The molecule has 0 fully saturated rings. The van der Waals surface area contributed by atoms with E-state index >= 15 is 0 Å². The van der Waals surface area contributed by atoms with Crippen molar-refractivity contribution >= 4 is 10.9 Å². The van der Waals surface area contributed by atoms with E-state index in [0.717, 1.165) is 39.4 Å². The highest BCUT2D eigenvalue weighted by atomic mass is 19.4. The molecule has 0 aliphatic heterocycles. The minimum absolute atomic E-state index is 0.226. The summed E-state index contributed by atoms with van der Waals surface area (Å²) in [6.07, 6.45) is -4.12. The summed E-state index contributed by atoms with van der Waals surface area (Å²) in [7, 11) is 0. The molecule has 0 aliphatic rings. The van der Waals surface area contributed by atoms with Gasteiger partial charge in [-0.15, -0.1) is 0 Å². The molecule has 24 heavy (non-hydrogen) atoms. The Morgan fingerprint density at radius 3 is 2.38 bits per heavy atom. The van der Waals surface area contributed by atoms with Crippen LogP contribution in [0.5, 0.6) is 0 Å². The summed E-state index contributed by atoms with van der Waals surface area (Å²) >= 11 is 0. The van der Waals surface area contributed by atoms with Crippen LogP contribution in [0, 0.1) is 20.8 Å². The third-order valence-electron chi connectivity index (χ3n) is 4.42. The Bertz CT molecular complexity index is 911. The molecule has 3 rings (SSSR count). The Hall–Kier alpha value is -2.36. The van der Waals surface area contributed by atoms with Crippen LogP contribution in [0.15, 0.2) is 42.5 Å². The van der Waals surface area contributed by atoms with Gasteiger partial charge in [-0.05, 0) is 55.7 Å². The van der Waals surface area contributed by atoms with Crippen molar-refractivity contribution < 1.29 is 13.2 Å². The van der Waals surface area contributed by atoms with Gasteiger partial charge in [-0.3, -0.25) is 4.98 Å². The molecule has 0 unspecified atom stereocenters. The third kappa shape index (κ3) is 3.01. The van der Waals surface area contributed by atoms with Crippen LogP contribution in [-0.2, 0) is 12.6 Å². The molecule has 124 valence electrons. The summed E-state index contributed by atoms with van der Waals surface area (Å²) < 4.78 is 39.7. The lowest BCUT2D eigenvalue weighted by atomic mass is 9.93. The van der Waals surface area contributed by atoms with Crippen LogP contribution in [0.3, 0.4) is 0 Å². The van der Waals surface area contributed by atoms with Crippen molar-refractivity contribution in [3.05, 3.63) is 76.0 Å². The first-order valence-electron chi connectivity index (χ1n) is 7.79. The molecule has 0 amide bonds. The maximum atomic E-state index is 13.2. The van der Waals surface area contributed by atoms with Crippen LogP contribution in [0.1, 0.15) is 33.5 Å². The van der Waals surface area contributed by atoms with Crippen LogP contribution in [-0.4, -0.2) is 4.98 Å². The minimum atomic E-state index is -4.35. The monoisotopic (exact) mass is 329 g/mol. The summed E-state index contributed by atoms with van der Waals surface area (Å²) in [6.45, 7) is 5.82. The molecule has 0 saturated heterocycles. The number of hydrogen-bond donors (Lipinski definition) is 0. The molecule has 0 aliphatic carbocycles. The summed E-state index contributed by atoms with van der Waals surface area (Å²) in [5.74, 6) is 0. The number of halogens is 3. The van der Waals surface area contributed by atoms with Crippen LogP contribution < -0.4 is 0 Å². The van der Waals surface area contributed by atoms with Gasteiger partial charge in [-0.1, -0.05) is 29.8 Å². The topological polar surface area (TPSA) is 12.9 Å². The molecule has 0 radical (unpaired) electrons. The second-order valence-electron chi connectivity index (χ2n) is 6.15.